The maximum Gasteiger partial charge on any atom is 0.308 e. The van der Waals surface area contributed by atoms with Crippen LogP contribution < -0.4 is 0 Å². The molecule has 0 saturated carbocycles. The summed E-state index contributed by atoms with van der Waals surface area (Å²) >= 11 is 3.27. The van der Waals surface area contributed by atoms with Crippen molar-refractivity contribution in [3.8, 4) is 0 Å². The largest absolute Gasteiger partial charge is 0.481 e. The fourth-order valence-corrected chi connectivity index (χ4v) is 4.19. The normalized spacial score (nSPS) is 18.4. The minimum Gasteiger partial charge on any atom is -0.481 e. The zero-order valence-corrected chi connectivity index (χ0v) is 14.1. The summed E-state index contributed by atoms with van der Waals surface area (Å²) in [4.78, 5) is 24.2. The molecule has 2 rings (SSSR count). The maximum atomic E-state index is 12.1. The summed E-state index contributed by atoms with van der Waals surface area (Å²) < 4.78 is 25.0. The van der Waals surface area contributed by atoms with Crippen LogP contribution in [0.2, 0.25) is 0 Å². The average molecular weight is 390 g/mol. The molecule has 0 aliphatic carbocycles. The van der Waals surface area contributed by atoms with Crippen LogP contribution in [0.15, 0.2) is 28.7 Å². The first-order valence-corrected chi connectivity index (χ1v) is 9.34. The molecular formula is C14H16BrNO5S. The SMILES string of the molecule is O=C(O)[C@H]1CCN(C(=O)CS(=O)(=O)Cc2cccc(Br)c2)C1. The molecule has 120 valence electrons. The first-order chi connectivity index (χ1) is 10.3. The Balaban J connectivity index is 1.97. The van der Waals surface area contributed by atoms with Crippen LogP contribution in [0.1, 0.15) is 12.0 Å². The highest BCUT2D eigenvalue weighted by Gasteiger charge is 2.32. The van der Waals surface area contributed by atoms with Crippen molar-refractivity contribution in [3.05, 3.63) is 34.3 Å². The smallest absolute Gasteiger partial charge is 0.308 e. The van der Waals surface area contributed by atoms with Crippen molar-refractivity contribution in [3.63, 3.8) is 0 Å². The summed E-state index contributed by atoms with van der Waals surface area (Å²) in [5, 5.41) is 8.91. The fourth-order valence-electron chi connectivity index (χ4n) is 2.40. The van der Waals surface area contributed by atoms with Gasteiger partial charge in [-0.05, 0) is 24.1 Å². The predicted molar refractivity (Wildman–Crippen MR) is 84.0 cm³/mol. The summed E-state index contributed by atoms with van der Waals surface area (Å²) in [7, 11) is -3.59. The number of carboxylic acids is 1. The number of rotatable bonds is 5. The number of aliphatic carboxylic acids is 1. The number of halogens is 1. The lowest BCUT2D eigenvalue weighted by atomic mass is 10.1. The van der Waals surface area contributed by atoms with Crippen molar-refractivity contribution < 1.29 is 23.1 Å². The molecule has 1 heterocycles. The van der Waals surface area contributed by atoms with Gasteiger partial charge in [-0.1, -0.05) is 28.1 Å². The van der Waals surface area contributed by atoms with E-state index in [0.29, 0.717) is 18.5 Å². The number of carboxylic acid groups (broad SMARTS) is 1. The Labute approximate surface area is 137 Å². The van der Waals surface area contributed by atoms with Gasteiger partial charge in [-0.2, -0.15) is 0 Å². The number of carbonyl (C=O) groups excluding carboxylic acids is 1. The van der Waals surface area contributed by atoms with E-state index >= 15 is 0 Å². The van der Waals surface area contributed by atoms with E-state index < -0.39 is 33.4 Å². The number of hydrogen-bond acceptors (Lipinski definition) is 4. The zero-order valence-electron chi connectivity index (χ0n) is 11.7. The van der Waals surface area contributed by atoms with Crippen LogP contribution in [0, 0.1) is 5.92 Å². The molecule has 1 aromatic rings. The molecule has 8 heteroatoms. The van der Waals surface area contributed by atoms with Gasteiger partial charge in [0.2, 0.25) is 5.91 Å². The summed E-state index contributed by atoms with van der Waals surface area (Å²) in [5.74, 6) is -2.89. The number of nitrogens with zero attached hydrogens (tertiary/aromatic N) is 1. The standard InChI is InChI=1S/C14H16BrNO5S/c15-12-3-1-2-10(6-12)8-22(20,21)9-13(17)16-5-4-11(7-16)14(18)19/h1-3,6,11H,4-5,7-9H2,(H,18,19)/t11-/m0/s1. The lowest BCUT2D eigenvalue weighted by Crippen LogP contribution is -2.35. The summed E-state index contributed by atoms with van der Waals surface area (Å²) in [6.45, 7) is 0.378. The molecule has 0 bridgehead atoms. The van der Waals surface area contributed by atoms with E-state index in [1.54, 1.807) is 24.3 Å². The highest BCUT2D eigenvalue weighted by atomic mass is 79.9. The molecular weight excluding hydrogens is 374 g/mol. The van der Waals surface area contributed by atoms with Gasteiger partial charge in [0.05, 0.1) is 11.7 Å². The molecule has 0 spiro atoms. The van der Waals surface area contributed by atoms with Gasteiger partial charge in [-0.25, -0.2) is 8.42 Å². The van der Waals surface area contributed by atoms with Crippen molar-refractivity contribution in [1.29, 1.82) is 0 Å². The third-order valence-corrected chi connectivity index (χ3v) is 5.46. The highest BCUT2D eigenvalue weighted by molar-refractivity contribution is 9.10. The molecule has 22 heavy (non-hydrogen) atoms. The van der Waals surface area contributed by atoms with Gasteiger partial charge in [0.1, 0.15) is 5.75 Å². The molecule has 1 aliphatic heterocycles. The molecule has 1 fully saturated rings. The number of carbonyl (C=O) groups is 2. The molecule has 1 aliphatic rings. The van der Waals surface area contributed by atoms with E-state index in [0.717, 1.165) is 4.47 Å². The van der Waals surface area contributed by atoms with Crippen molar-refractivity contribution in [1.82, 2.24) is 4.90 Å². The van der Waals surface area contributed by atoms with Crippen LogP contribution in [-0.2, 0) is 25.2 Å². The van der Waals surface area contributed by atoms with Crippen molar-refractivity contribution in [2.45, 2.75) is 12.2 Å². The Morgan fingerprint density at radius 1 is 1.36 bits per heavy atom. The molecule has 1 N–H and O–H groups in total. The number of likely N-dealkylation sites (tertiary alicyclic amines) is 1. The van der Waals surface area contributed by atoms with E-state index in [2.05, 4.69) is 15.9 Å². The number of benzene rings is 1. The molecule has 1 atom stereocenters. The fraction of sp³-hybridized carbons (Fsp3) is 0.429. The average Bonchev–Trinajstić information content (AvgIpc) is 2.87. The number of amides is 1. The summed E-state index contributed by atoms with van der Waals surface area (Å²) in [6.07, 6.45) is 0.368. The lowest BCUT2D eigenvalue weighted by Gasteiger charge is -2.15. The molecule has 0 radical (unpaired) electrons. The molecule has 1 amide bonds. The second kappa shape index (κ2) is 6.78. The van der Waals surface area contributed by atoms with Gasteiger partial charge in [0.15, 0.2) is 9.84 Å². The van der Waals surface area contributed by atoms with E-state index in [1.165, 1.54) is 4.90 Å². The van der Waals surface area contributed by atoms with Crippen LogP contribution in [0.4, 0.5) is 0 Å². The summed E-state index contributed by atoms with van der Waals surface area (Å²) in [5.41, 5.74) is 0.604. The maximum absolute atomic E-state index is 12.1. The van der Waals surface area contributed by atoms with E-state index in [1.807, 2.05) is 0 Å². The predicted octanol–water partition coefficient (Wildman–Crippen LogP) is 1.30. The van der Waals surface area contributed by atoms with Crippen LogP contribution >= 0.6 is 15.9 Å². The zero-order chi connectivity index (χ0) is 16.3. The van der Waals surface area contributed by atoms with Gasteiger partial charge in [-0.15, -0.1) is 0 Å². The highest BCUT2D eigenvalue weighted by Crippen LogP contribution is 2.18. The minimum absolute atomic E-state index is 0.0839. The van der Waals surface area contributed by atoms with E-state index in [9.17, 15) is 18.0 Å². The van der Waals surface area contributed by atoms with Gasteiger partial charge >= 0.3 is 5.97 Å². The Hall–Kier alpha value is -1.41. The second-order valence-corrected chi connectivity index (χ2v) is 8.31. The van der Waals surface area contributed by atoms with Gasteiger partial charge < -0.3 is 10.0 Å². The van der Waals surface area contributed by atoms with Crippen molar-refractivity contribution in [2.75, 3.05) is 18.8 Å². The van der Waals surface area contributed by atoms with Crippen LogP contribution in [0.5, 0.6) is 0 Å². The van der Waals surface area contributed by atoms with Gasteiger partial charge in [0, 0.05) is 17.6 Å². The number of hydrogen-bond donors (Lipinski definition) is 1. The molecule has 6 nitrogen and oxygen atoms in total. The first-order valence-electron chi connectivity index (χ1n) is 6.72. The molecule has 0 aromatic heterocycles. The molecule has 1 saturated heterocycles. The Morgan fingerprint density at radius 3 is 2.68 bits per heavy atom. The Bertz CT molecular complexity index is 688. The second-order valence-electron chi connectivity index (χ2n) is 5.33. The Kier molecular flexibility index (Phi) is 5.23. The number of sulfone groups is 1. The first kappa shape index (κ1) is 17.0. The van der Waals surface area contributed by atoms with Crippen LogP contribution in [-0.4, -0.2) is 49.1 Å². The Morgan fingerprint density at radius 2 is 2.09 bits per heavy atom. The third kappa shape index (κ3) is 4.54. The lowest BCUT2D eigenvalue weighted by molar-refractivity contribution is -0.141. The topological polar surface area (TPSA) is 91.8 Å². The quantitative estimate of drug-likeness (QED) is 0.818. The van der Waals surface area contributed by atoms with E-state index in [-0.39, 0.29) is 12.3 Å². The summed E-state index contributed by atoms with van der Waals surface area (Å²) in [6, 6.07) is 6.90. The minimum atomic E-state index is -3.59. The van der Waals surface area contributed by atoms with Gasteiger partial charge in [-0.3, -0.25) is 9.59 Å². The monoisotopic (exact) mass is 389 g/mol. The van der Waals surface area contributed by atoms with Gasteiger partial charge in [0.25, 0.3) is 0 Å². The third-order valence-electron chi connectivity index (χ3n) is 3.51. The van der Waals surface area contributed by atoms with Crippen molar-refractivity contribution in [2.24, 2.45) is 5.92 Å². The molecule has 1 aromatic carbocycles. The van der Waals surface area contributed by atoms with Crippen LogP contribution in [0.25, 0.3) is 0 Å². The molecule has 0 unspecified atom stereocenters. The van der Waals surface area contributed by atoms with Crippen LogP contribution in [0.3, 0.4) is 0 Å². The van der Waals surface area contributed by atoms with E-state index in [4.69, 9.17) is 5.11 Å². The van der Waals surface area contributed by atoms with Crippen molar-refractivity contribution >= 4 is 37.6 Å².